The van der Waals surface area contributed by atoms with Gasteiger partial charge in [0.05, 0.1) is 5.69 Å². The van der Waals surface area contributed by atoms with Crippen LogP contribution in [0.5, 0.6) is 0 Å². The van der Waals surface area contributed by atoms with Crippen LogP contribution in [0.1, 0.15) is 32.6 Å². The van der Waals surface area contributed by atoms with Gasteiger partial charge in [-0.25, -0.2) is 0 Å². The average Bonchev–Trinajstić information content (AvgIpc) is 3.03. The van der Waals surface area contributed by atoms with Crippen molar-refractivity contribution >= 4 is 5.69 Å². The molecule has 0 spiro atoms. The number of aromatic amines is 1. The molecule has 0 bridgehead atoms. The number of nitrogens with one attached hydrogen (secondary N) is 3. The number of H-pyrrole nitrogens is 1. The Kier molecular flexibility index (Phi) is 4.55. The molecule has 3 rings (SSSR count). The molecule has 1 fully saturated rings. The second kappa shape index (κ2) is 6.76. The molecular formula is C17H24N4. The van der Waals surface area contributed by atoms with E-state index in [0.717, 1.165) is 5.69 Å². The van der Waals surface area contributed by atoms with Crippen molar-refractivity contribution in [3.8, 4) is 11.3 Å². The molecule has 112 valence electrons. The summed E-state index contributed by atoms with van der Waals surface area (Å²) >= 11 is 0. The molecule has 0 amide bonds. The SMILES string of the molecule is CC(CC1CCCCN1)Nc1ccc(-c2ccn[nH]2)cc1. The van der Waals surface area contributed by atoms with Crippen molar-refractivity contribution < 1.29 is 0 Å². The van der Waals surface area contributed by atoms with Crippen LogP contribution in [-0.2, 0) is 0 Å². The smallest absolute Gasteiger partial charge is 0.0650 e. The maximum atomic E-state index is 3.99. The van der Waals surface area contributed by atoms with Crippen LogP contribution >= 0.6 is 0 Å². The summed E-state index contributed by atoms with van der Waals surface area (Å²) in [7, 11) is 0. The van der Waals surface area contributed by atoms with Gasteiger partial charge in [-0.05, 0) is 56.5 Å². The Hall–Kier alpha value is -1.81. The predicted octanol–water partition coefficient (Wildman–Crippen LogP) is 3.41. The first-order valence-corrected chi connectivity index (χ1v) is 7.91. The third-order valence-electron chi connectivity index (χ3n) is 4.16. The van der Waals surface area contributed by atoms with E-state index < -0.39 is 0 Å². The molecule has 1 aromatic carbocycles. The lowest BCUT2D eigenvalue weighted by atomic mass is 9.98. The van der Waals surface area contributed by atoms with Gasteiger partial charge in [-0.15, -0.1) is 0 Å². The summed E-state index contributed by atoms with van der Waals surface area (Å²) in [6.07, 6.45) is 6.96. The van der Waals surface area contributed by atoms with Crippen LogP contribution in [0.3, 0.4) is 0 Å². The van der Waals surface area contributed by atoms with Crippen LogP contribution in [0, 0.1) is 0 Å². The number of hydrogen-bond acceptors (Lipinski definition) is 3. The fourth-order valence-corrected chi connectivity index (χ4v) is 3.06. The predicted molar refractivity (Wildman–Crippen MR) is 87.4 cm³/mol. The Morgan fingerprint density at radius 1 is 1.24 bits per heavy atom. The molecule has 2 unspecified atom stereocenters. The average molecular weight is 284 g/mol. The molecule has 0 saturated carbocycles. The number of rotatable bonds is 5. The standard InChI is InChI=1S/C17H24N4/c1-13(12-16-4-2-3-10-18-16)20-15-7-5-14(6-8-15)17-9-11-19-21-17/h5-9,11,13,16,18,20H,2-4,10,12H2,1H3,(H,19,21). The molecule has 3 N–H and O–H groups in total. The summed E-state index contributed by atoms with van der Waals surface area (Å²) in [5.74, 6) is 0. The van der Waals surface area contributed by atoms with Crippen LogP contribution < -0.4 is 10.6 Å². The monoisotopic (exact) mass is 284 g/mol. The maximum Gasteiger partial charge on any atom is 0.0650 e. The van der Waals surface area contributed by atoms with E-state index >= 15 is 0 Å². The summed E-state index contributed by atoms with van der Waals surface area (Å²) in [5.41, 5.74) is 3.40. The fraction of sp³-hybridized carbons (Fsp3) is 0.471. The number of anilines is 1. The van der Waals surface area contributed by atoms with Crippen molar-refractivity contribution in [1.29, 1.82) is 0 Å². The van der Waals surface area contributed by atoms with Gasteiger partial charge in [0, 0.05) is 24.0 Å². The molecule has 1 saturated heterocycles. The van der Waals surface area contributed by atoms with E-state index in [4.69, 9.17) is 0 Å². The minimum atomic E-state index is 0.485. The zero-order valence-electron chi connectivity index (χ0n) is 12.6. The number of benzene rings is 1. The van der Waals surface area contributed by atoms with E-state index in [-0.39, 0.29) is 0 Å². The number of aromatic nitrogens is 2. The van der Waals surface area contributed by atoms with Crippen molar-refractivity contribution in [3.63, 3.8) is 0 Å². The van der Waals surface area contributed by atoms with E-state index in [0.29, 0.717) is 12.1 Å². The van der Waals surface area contributed by atoms with Gasteiger partial charge in [-0.2, -0.15) is 5.10 Å². The van der Waals surface area contributed by atoms with Crippen molar-refractivity contribution in [2.75, 3.05) is 11.9 Å². The quantitative estimate of drug-likeness (QED) is 0.788. The van der Waals surface area contributed by atoms with Crippen molar-refractivity contribution in [2.24, 2.45) is 0 Å². The van der Waals surface area contributed by atoms with Crippen LogP contribution in [0.25, 0.3) is 11.3 Å². The summed E-state index contributed by atoms with van der Waals surface area (Å²) in [6.45, 7) is 3.44. The van der Waals surface area contributed by atoms with E-state index in [2.05, 4.69) is 52.0 Å². The zero-order valence-corrected chi connectivity index (χ0v) is 12.6. The number of nitrogens with zero attached hydrogens (tertiary/aromatic N) is 1. The largest absolute Gasteiger partial charge is 0.383 e. The third-order valence-corrected chi connectivity index (χ3v) is 4.16. The minimum Gasteiger partial charge on any atom is -0.383 e. The molecule has 0 aliphatic carbocycles. The van der Waals surface area contributed by atoms with Crippen LogP contribution in [-0.4, -0.2) is 28.8 Å². The lowest BCUT2D eigenvalue weighted by Crippen LogP contribution is -2.37. The van der Waals surface area contributed by atoms with Gasteiger partial charge in [0.25, 0.3) is 0 Å². The van der Waals surface area contributed by atoms with Gasteiger partial charge in [-0.1, -0.05) is 18.6 Å². The first kappa shape index (κ1) is 14.1. The van der Waals surface area contributed by atoms with Crippen molar-refractivity contribution in [1.82, 2.24) is 15.5 Å². The van der Waals surface area contributed by atoms with Gasteiger partial charge >= 0.3 is 0 Å². The molecule has 1 aliphatic heterocycles. The van der Waals surface area contributed by atoms with E-state index in [1.807, 2.05) is 6.07 Å². The summed E-state index contributed by atoms with van der Waals surface area (Å²) in [4.78, 5) is 0. The normalized spacial score (nSPS) is 20.1. The highest BCUT2D eigenvalue weighted by atomic mass is 15.1. The summed E-state index contributed by atoms with van der Waals surface area (Å²) in [6, 6.07) is 11.7. The van der Waals surface area contributed by atoms with Gasteiger partial charge in [0.15, 0.2) is 0 Å². The Labute approximate surface area is 126 Å². The molecule has 0 radical (unpaired) electrons. The van der Waals surface area contributed by atoms with Crippen LogP contribution in [0.2, 0.25) is 0 Å². The maximum absolute atomic E-state index is 3.99. The lowest BCUT2D eigenvalue weighted by molar-refractivity contribution is 0.371. The highest BCUT2D eigenvalue weighted by Crippen LogP contribution is 2.20. The van der Waals surface area contributed by atoms with E-state index in [1.54, 1.807) is 6.20 Å². The van der Waals surface area contributed by atoms with Gasteiger partial charge in [0.1, 0.15) is 0 Å². The molecular weight excluding hydrogens is 260 g/mol. The van der Waals surface area contributed by atoms with Gasteiger partial charge < -0.3 is 10.6 Å². The highest BCUT2D eigenvalue weighted by Gasteiger charge is 2.15. The first-order chi connectivity index (χ1) is 10.3. The summed E-state index contributed by atoms with van der Waals surface area (Å²) in [5, 5.41) is 14.2. The molecule has 1 aromatic heterocycles. The van der Waals surface area contributed by atoms with Gasteiger partial charge in [0.2, 0.25) is 0 Å². The second-order valence-electron chi connectivity index (χ2n) is 5.98. The molecule has 1 aliphatic rings. The molecule has 2 atom stereocenters. The van der Waals surface area contributed by atoms with Gasteiger partial charge in [-0.3, -0.25) is 5.10 Å². The topological polar surface area (TPSA) is 52.7 Å². The Morgan fingerprint density at radius 2 is 2.10 bits per heavy atom. The number of hydrogen-bond donors (Lipinski definition) is 3. The Balaban J connectivity index is 1.54. The highest BCUT2D eigenvalue weighted by molar-refractivity contribution is 5.62. The lowest BCUT2D eigenvalue weighted by Gasteiger charge is -2.27. The molecule has 4 heteroatoms. The van der Waals surface area contributed by atoms with E-state index in [1.165, 1.54) is 43.5 Å². The van der Waals surface area contributed by atoms with Crippen LogP contribution in [0.4, 0.5) is 5.69 Å². The second-order valence-corrected chi connectivity index (χ2v) is 5.98. The minimum absolute atomic E-state index is 0.485. The molecule has 21 heavy (non-hydrogen) atoms. The van der Waals surface area contributed by atoms with Crippen molar-refractivity contribution in [3.05, 3.63) is 36.5 Å². The molecule has 4 nitrogen and oxygen atoms in total. The Bertz CT molecular complexity index is 526. The zero-order chi connectivity index (χ0) is 14.5. The summed E-state index contributed by atoms with van der Waals surface area (Å²) < 4.78 is 0. The fourth-order valence-electron chi connectivity index (χ4n) is 3.06. The molecule has 2 aromatic rings. The molecule has 2 heterocycles. The van der Waals surface area contributed by atoms with E-state index in [9.17, 15) is 0 Å². The third kappa shape index (κ3) is 3.85. The number of piperidine rings is 1. The first-order valence-electron chi connectivity index (χ1n) is 7.91. The Morgan fingerprint density at radius 3 is 2.76 bits per heavy atom. The van der Waals surface area contributed by atoms with Crippen molar-refractivity contribution in [2.45, 2.75) is 44.7 Å². The van der Waals surface area contributed by atoms with Crippen LogP contribution in [0.15, 0.2) is 36.5 Å².